The number of benzene rings is 5. The van der Waals surface area contributed by atoms with Gasteiger partial charge in [0.2, 0.25) is 0 Å². The molecule has 1 heteroatoms. The zero-order valence-electron chi connectivity index (χ0n) is 22.1. The molecule has 1 nitrogen and oxygen atoms in total. The second kappa shape index (κ2) is 10.7. The van der Waals surface area contributed by atoms with Crippen molar-refractivity contribution in [3.63, 3.8) is 0 Å². The van der Waals surface area contributed by atoms with E-state index in [9.17, 15) is 0 Å². The summed E-state index contributed by atoms with van der Waals surface area (Å²) in [5.74, 6) is 0. The average molecular weight is 480 g/mol. The van der Waals surface area contributed by atoms with E-state index in [1.807, 2.05) is 0 Å². The maximum absolute atomic E-state index is 2.33. The molecule has 0 saturated heterocycles. The molecule has 0 atom stereocenters. The van der Waals surface area contributed by atoms with Crippen molar-refractivity contribution in [2.24, 2.45) is 0 Å². The van der Waals surface area contributed by atoms with Crippen LogP contribution in [0.5, 0.6) is 0 Å². The smallest absolute Gasteiger partial charge is 0.0464 e. The van der Waals surface area contributed by atoms with Crippen molar-refractivity contribution in [1.29, 1.82) is 0 Å². The van der Waals surface area contributed by atoms with Crippen LogP contribution in [-0.4, -0.2) is 0 Å². The molecular weight excluding hydrogens is 446 g/mol. The van der Waals surface area contributed by atoms with Crippen LogP contribution in [0.1, 0.15) is 38.9 Å². The molecule has 5 aromatic carbocycles. The molecule has 0 unspecified atom stereocenters. The molecule has 0 aromatic heterocycles. The molecule has 0 amide bonds. The molecule has 0 fully saturated rings. The predicted molar refractivity (Wildman–Crippen MR) is 160 cm³/mol. The van der Waals surface area contributed by atoms with Crippen molar-refractivity contribution in [2.45, 2.75) is 27.7 Å². The fourth-order valence-electron chi connectivity index (χ4n) is 4.58. The minimum Gasteiger partial charge on any atom is -0.310 e. The van der Waals surface area contributed by atoms with Crippen LogP contribution in [0.15, 0.2) is 121 Å². The van der Waals surface area contributed by atoms with E-state index >= 15 is 0 Å². The van der Waals surface area contributed by atoms with Gasteiger partial charge in [0, 0.05) is 17.1 Å². The monoisotopic (exact) mass is 479 g/mol. The summed E-state index contributed by atoms with van der Waals surface area (Å²) >= 11 is 0. The molecule has 0 N–H and O–H groups in total. The van der Waals surface area contributed by atoms with E-state index in [-0.39, 0.29) is 0 Å². The minimum atomic E-state index is 1.14. The van der Waals surface area contributed by atoms with Gasteiger partial charge in [-0.25, -0.2) is 0 Å². The van der Waals surface area contributed by atoms with Gasteiger partial charge in [0.15, 0.2) is 0 Å². The first-order valence-corrected chi connectivity index (χ1v) is 12.9. The van der Waals surface area contributed by atoms with Gasteiger partial charge in [-0.15, -0.1) is 0 Å². The summed E-state index contributed by atoms with van der Waals surface area (Å²) in [5.41, 5.74) is 13.4. The molecule has 0 saturated carbocycles. The van der Waals surface area contributed by atoms with Crippen LogP contribution in [0.25, 0.3) is 11.6 Å². The molecule has 37 heavy (non-hydrogen) atoms. The molecule has 0 bridgehead atoms. The van der Waals surface area contributed by atoms with Crippen LogP contribution in [0.2, 0.25) is 0 Å². The van der Waals surface area contributed by atoms with E-state index in [1.54, 1.807) is 0 Å². The van der Waals surface area contributed by atoms with Crippen LogP contribution in [-0.2, 0) is 0 Å². The topological polar surface area (TPSA) is 3.24 Å². The summed E-state index contributed by atoms with van der Waals surface area (Å²) in [6.45, 7) is 8.60. The van der Waals surface area contributed by atoms with Crippen LogP contribution in [0.3, 0.4) is 0 Å². The SMILES string of the molecule is Cc1ccc(C(=Cc2ccc(N(c3ccc(C)cc3)c3ccc(C)c(C)c3)cc2)c2ccccc2)cc1. The van der Waals surface area contributed by atoms with Gasteiger partial charge in [-0.2, -0.15) is 0 Å². The Morgan fingerprint density at radius 2 is 1.00 bits per heavy atom. The summed E-state index contributed by atoms with van der Waals surface area (Å²) in [5, 5.41) is 0. The molecule has 0 spiro atoms. The Kier molecular flexibility index (Phi) is 7.05. The van der Waals surface area contributed by atoms with Gasteiger partial charge in [0.1, 0.15) is 0 Å². The predicted octanol–water partition coefficient (Wildman–Crippen LogP) is 9.98. The van der Waals surface area contributed by atoms with Gasteiger partial charge < -0.3 is 4.90 Å². The minimum absolute atomic E-state index is 1.14. The zero-order chi connectivity index (χ0) is 25.8. The van der Waals surface area contributed by atoms with E-state index in [0.717, 1.165) is 11.4 Å². The third-order valence-corrected chi connectivity index (χ3v) is 6.95. The average Bonchev–Trinajstić information content (AvgIpc) is 2.92. The fraction of sp³-hybridized carbons (Fsp3) is 0.111. The van der Waals surface area contributed by atoms with E-state index in [1.165, 1.54) is 50.2 Å². The quantitative estimate of drug-likeness (QED) is 0.219. The lowest BCUT2D eigenvalue weighted by Crippen LogP contribution is -2.10. The first kappa shape index (κ1) is 24.3. The van der Waals surface area contributed by atoms with Crippen LogP contribution in [0.4, 0.5) is 17.1 Å². The van der Waals surface area contributed by atoms with Crippen molar-refractivity contribution in [3.8, 4) is 0 Å². The Morgan fingerprint density at radius 3 is 1.59 bits per heavy atom. The highest BCUT2D eigenvalue weighted by Crippen LogP contribution is 2.36. The molecule has 5 aromatic rings. The number of nitrogens with zero attached hydrogens (tertiary/aromatic N) is 1. The van der Waals surface area contributed by atoms with E-state index in [2.05, 4.69) is 160 Å². The van der Waals surface area contributed by atoms with Gasteiger partial charge in [-0.05, 0) is 104 Å². The molecule has 0 aliphatic heterocycles. The van der Waals surface area contributed by atoms with Crippen LogP contribution in [0, 0.1) is 27.7 Å². The number of rotatable bonds is 6. The maximum Gasteiger partial charge on any atom is 0.0464 e. The van der Waals surface area contributed by atoms with Crippen molar-refractivity contribution in [2.75, 3.05) is 4.90 Å². The lowest BCUT2D eigenvalue weighted by Gasteiger charge is -2.26. The Bertz CT molecular complexity index is 1510. The van der Waals surface area contributed by atoms with Gasteiger partial charge in [0.25, 0.3) is 0 Å². The highest BCUT2D eigenvalue weighted by atomic mass is 15.1. The molecular formula is C36H33N. The number of anilines is 3. The van der Waals surface area contributed by atoms with Gasteiger partial charge >= 0.3 is 0 Å². The summed E-state index contributed by atoms with van der Waals surface area (Å²) < 4.78 is 0. The highest BCUT2D eigenvalue weighted by Gasteiger charge is 2.13. The van der Waals surface area contributed by atoms with Crippen molar-refractivity contribution >= 4 is 28.7 Å². The van der Waals surface area contributed by atoms with E-state index < -0.39 is 0 Å². The summed E-state index contributed by atoms with van der Waals surface area (Å²) in [6.07, 6.45) is 2.29. The third-order valence-electron chi connectivity index (χ3n) is 6.95. The van der Waals surface area contributed by atoms with Crippen molar-refractivity contribution in [3.05, 3.63) is 160 Å². The molecule has 5 rings (SSSR count). The third kappa shape index (κ3) is 5.57. The Labute approximate surface area is 221 Å². The van der Waals surface area contributed by atoms with Crippen molar-refractivity contribution in [1.82, 2.24) is 0 Å². The normalized spacial score (nSPS) is 11.4. The van der Waals surface area contributed by atoms with Crippen molar-refractivity contribution < 1.29 is 0 Å². The van der Waals surface area contributed by atoms with Gasteiger partial charge in [0.05, 0.1) is 0 Å². The summed E-state index contributed by atoms with van der Waals surface area (Å²) in [6, 6.07) is 43.7. The molecule has 0 aliphatic rings. The number of aryl methyl sites for hydroxylation is 4. The van der Waals surface area contributed by atoms with E-state index in [4.69, 9.17) is 0 Å². The lowest BCUT2D eigenvalue weighted by atomic mass is 9.95. The molecule has 0 heterocycles. The first-order chi connectivity index (χ1) is 18.0. The van der Waals surface area contributed by atoms with Crippen LogP contribution >= 0.6 is 0 Å². The molecule has 182 valence electrons. The number of hydrogen-bond donors (Lipinski definition) is 0. The van der Waals surface area contributed by atoms with E-state index in [0.29, 0.717) is 0 Å². The lowest BCUT2D eigenvalue weighted by molar-refractivity contribution is 1.24. The largest absolute Gasteiger partial charge is 0.310 e. The maximum atomic E-state index is 2.33. The highest BCUT2D eigenvalue weighted by molar-refractivity contribution is 5.91. The molecule has 0 aliphatic carbocycles. The summed E-state index contributed by atoms with van der Waals surface area (Å²) in [4.78, 5) is 2.33. The summed E-state index contributed by atoms with van der Waals surface area (Å²) in [7, 11) is 0. The Balaban J connectivity index is 1.56. The molecule has 0 radical (unpaired) electrons. The van der Waals surface area contributed by atoms with Crippen LogP contribution < -0.4 is 4.90 Å². The zero-order valence-corrected chi connectivity index (χ0v) is 22.1. The Hall–Kier alpha value is -4.36. The number of hydrogen-bond acceptors (Lipinski definition) is 1. The second-order valence-corrected chi connectivity index (χ2v) is 9.82. The van der Waals surface area contributed by atoms with Gasteiger partial charge in [-0.1, -0.05) is 96.1 Å². The van der Waals surface area contributed by atoms with Gasteiger partial charge in [-0.3, -0.25) is 0 Å². The fourth-order valence-corrected chi connectivity index (χ4v) is 4.58. The Morgan fingerprint density at radius 1 is 0.486 bits per heavy atom. The first-order valence-electron chi connectivity index (χ1n) is 12.9. The second-order valence-electron chi connectivity index (χ2n) is 9.82. The standard InChI is InChI=1S/C36H33N/c1-26-10-17-32(18-11-26)36(31-8-6-5-7-9-31)25-30-15-22-34(23-16-30)37(33-19-12-27(2)13-20-33)35-21-14-28(3)29(4)24-35/h5-25H,1-4H3.